The number of hydrogen-bond acceptors (Lipinski definition) is 5. The Bertz CT molecular complexity index is 573. The van der Waals surface area contributed by atoms with Gasteiger partial charge in [0.2, 0.25) is 0 Å². The fourth-order valence-corrected chi connectivity index (χ4v) is 3.90. The minimum Gasteiger partial charge on any atom is -0.469 e. The van der Waals surface area contributed by atoms with Crippen LogP contribution in [-0.2, 0) is 20.3 Å². The molecular formula is C15H19NO4S2. The summed E-state index contributed by atoms with van der Waals surface area (Å²) >= 11 is 1.74. The Kier molecular flexibility index (Phi) is 6.02. The topological polar surface area (TPSA) is 63.7 Å². The molecule has 0 saturated carbocycles. The van der Waals surface area contributed by atoms with Gasteiger partial charge in [-0.3, -0.25) is 13.8 Å². The number of ether oxygens (including phenoxy) is 1. The van der Waals surface area contributed by atoms with Crippen LogP contribution in [0.15, 0.2) is 29.2 Å². The molecule has 0 bridgehead atoms. The van der Waals surface area contributed by atoms with E-state index in [4.69, 9.17) is 4.74 Å². The summed E-state index contributed by atoms with van der Waals surface area (Å²) < 4.78 is 16.1. The van der Waals surface area contributed by atoms with Gasteiger partial charge in [-0.15, -0.1) is 0 Å². The number of benzene rings is 1. The highest BCUT2D eigenvalue weighted by molar-refractivity contribution is 7.99. The van der Waals surface area contributed by atoms with Crippen molar-refractivity contribution in [3.8, 4) is 0 Å². The predicted octanol–water partition coefficient (Wildman–Crippen LogP) is 1.54. The molecule has 22 heavy (non-hydrogen) atoms. The molecule has 0 N–H and O–H groups in total. The monoisotopic (exact) mass is 341 g/mol. The lowest BCUT2D eigenvalue weighted by Gasteiger charge is -2.35. The van der Waals surface area contributed by atoms with E-state index >= 15 is 0 Å². The van der Waals surface area contributed by atoms with Gasteiger partial charge in [-0.25, -0.2) is 0 Å². The van der Waals surface area contributed by atoms with E-state index in [-0.39, 0.29) is 24.3 Å². The molecule has 1 fully saturated rings. The first-order valence-electron chi connectivity index (χ1n) is 6.92. The second-order valence-electron chi connectivity index (χ2n) is 4.99. The summed E-state index contributed by atoms with van der Waals surface area (Å²) in [7, 11) is 0.295. The number of rotatable bonds is 4. The van der Waals surface area contributed by atoms with Gasteiger partial charge in [0.1, 0.15) is 0 Å². The predicted molar refractivity (Wildman–Crippen MR) is 87.6 cm³/mol. The van der Waals surface area contributed by atoms with Crippen molar-refractivity contribution < 1.29 is 18.5 Å². The van der Waals surface area contributed by atoms with Crippen molar-refractivity contribution >= 4 is 34.4 Å². The van der Waals surface area contributed by atoms with Crippen LogP contribution in [0.5, 0.6) is 0 Å². The fraction of sp³-hybridized carbons (Fsp3) is 0.467. The molecule has 1 amide bonds. The molecule has 2 rings (SSSR count). The first-order chi connectivity index (χ1) is 10.5. The van der Waals surface area contributed by atoms with Crippen molar-refractivity contribution in [3.05, 3.63) is 29.8 Å². The summed E-state index contributed by atoms with van der Waals surface area (Å²) in [5.41, 5.74) is 0.552. The molecule has 120 valence electrons. The lowest BCUT2D eigenvalue weighted by molar-refractivity contribution is -0.141. The molecule has 1 aromatic rings. The van der Waals surface area contributed by atoms with E-state index in [0.29, 0.717) is 17.0 Å². The quantitative estimate of drug-likeness (QED) is 0.778. The van der Waals surface area contributed by atoms with Crippen LogP contribution in [0.2, 0.25) is 0 Å². The first kappa shape index (κ1) is 17.0. The van der Waals surface area contributed by atoms with Gasteiger partial charge in [-0.05, 0) is 24.3 Å². The maximum atomic E-state index is 12.6. The Labute approximate surface area is 136 Å². The van der Waals surface area contributed by atoms with Crippen molar-refractivity contribution in [3.63, 3.8) is 0 Å². The molecule has 2 unspecified atom stereocenters. The molecule has 0 aliphatic carbocycles. The van der Waals surface area contributed by atoms with E-state index < -0.39 is 10.8 Å². The third-order valence-corrected chi connectivity index (χ3v) is 5.58. The van der Waals surface area contributed by atoms with Gasteiger partial charge in [0.15, 0.2) is 0 Å². The van der Waals surface area contributed by atoms with Gasteiger partial charge in [-0.1, -0.05) is 0 Å². The molecule has 5 nitrogen and oxygen atoms in total. The van der Waals surface area contributed by atoms with E-state index in [0.717, 1.165) is 11.5 Å². The molecule has 0 radical (unpaired) electrons. The number of nitrogens with zero attached hydrogens (tertiary/aromatic N) is 1. The van der Waals surface area contributed by atoms with Gasteiger partial charge >= 0.3 is 5.97 Å². The second-order valence-corrected chi connectivity index (χ2v) is 7.52. The molecule has 2 atom stereocenters. The normalized spacial score (nSPS) is 19.5. The van der Waals surface area contributed by atoms with E-state index in [2.05, 4.69) is 0 Å². The standard InChI is InChI=1S/C15H19NO4S2/c1-20-14(17)9-12-10-21-8-7-16(12)15(18)11-3-5-13(6-4-11)22(2)19/h3-6,12H,7-10H2,1-2H3. The molecule has 1 aliphatic heterocycles. The van der Waals surface area contributed by atoms with Gasteiger partial charge in [-0.2, -0.15) is 11.8 Å². The number of hydrogen-bond donors (Lipinski definition) is 0. The van der Waals surface area contributed by atoms with Crippen molar-refractivity contribution in [2.75, 3.05) is 31.4 Å². The second kappa shape index (κ2) is 7.78. The Morgan fingerprint density at radius 1 is 1.36 bits per heavy atom. The smallest absolute Gasteiger partial charge is 0.307 e. The fourth-order valence-electron chi connectivity index (χ4n) is 2.32. The third-order valence-electron chi connectivity index (χ3n) is 3.55. The van der Waals surface area contributed by atoms with E-state index in [1.807, 2.05) is 0 Å². The highest BCUT2D eigenvalue weighted by Gasteiger charge is 2.29. The van der Waals surface area contributed by atoms with Crippen molar-refractivity contribution in [1.29, 1.82) is 0 Å². The van der Waals surface area contributed by atoms with E-state index in [1.54, 1.807) is 47.2 Å². The summed E-state index contributed by atoms with van der Waals surface area (Å²) in [6, 6.07) is 6.65. The van der Waals surface area contributed by atoms with Crippen molar-refractivity contribution in [1.82, 2.24) is 4.90 Å². The highest BCUT2D eigenvalue weighted by atomic mass is 32.2. The molecule has 1 saturated heterocycles. The SMILES string of the molecule is COC(=O)CC1CSCCN1C(=O)c1ccc(S(C)=O)cc1. The largest absolute Gasteiger partial charge is 0.469 e. The Hall–Kier alpha value is -1.34. The Morgan fingerprint density at radius 2 is 2.05 bits per heavy atom. The minimum atomic E-state index is -1.06. The highest BCUT2D eigenvalue weighted by Crippen LogP contribution is 2.22. The van der Waals surface area contributed by atoms with E-state index in [9.17, 15) is 13.8 Å². The summed E-state index contributed by atoms with van der Waals surface area (Å²) in [4.78, 5) is 26.6. The number of thioether (sulfide) groups is 1. The number of amides is 1. The van der Waals surface area contributed by atoms with Crippen LogP contribution >= 0.6 is 11.8 Å². The average molecular weight is 341 g/mol. The van der Waals surface area contributed by atoms with Crippen LogP contribution in [0.1, 0.15) is 16.8 Å². The summed E-state index contributed by atoms with van der Waals surface area (Å²) in [6.07, 6.45) is 1.82. The molecular weight excluding hydrogens is 322 g/mol. The van der Waals surface area contributed by atoms with Crippen LogP contribution in [0.4, 0.5) is 0 Å². The number of carbonyl (C=O) groups excluding carboxylic acids is 2. The van der Waals surface area contributed by atoms with Gasteiger partial charge in [0.05, 0.1) is 19.6 Å². The van der Waals surface area contributed by atoms with Gasteiger partial charge < -0.3 is 9.64 Å². The lowest BCUT2D eigenvalue weighted by atomic mass is 10.1. The van der Waals surface area contributed by atoms with Crippen LogP contribution in [0.3, 0.4) is 0 Å². The van der Waals surface area contributed by atoms with E-state index in [1.165, 1.54) is 7.11 Å². The average Bonchev–Trinajstić information content (AvgIpc) is 2.54. The number of esters is 1. The Balaban J connectivity index is 2.14. The number of carbonyl (C=O) groups is 2. The minimum absolute atomic E-state index is 0.0948. The van der Waals surface area contributed by atoms with Crippen LogP contribution < -0.4 is 0 Å². The molecule has 1 aliphatic rings. The van der Waals surface area contributed by atoms with Crippen LogP contribution in [-0.4, -0.2) is 58.4 Å². The molecule has 0 spiro atoms. The van der Waals surface area contributed by atoms with Crippen molar-refractivity contribution in [2.45, 2.75) is 17.4 Å². The molecule has 1 aromatic carbocycles. The van der Waals surface area contributed by atoms with Gasteiger partial charge in [0.25, 0.3) is 5.91 Å². The summed E-state index contributed by atoms with van der Waals surface area (Å²) in [6.45, 7) is 0.618. The van der Waals surface area contributed by atoms with Gasteiger partial charge in [0, 0.05) is 45.6 Å². The summed E-state index contributed by atoms with van der Waals surface area (Å²) in [5, 5.41) is 0. The maximum Gasteiger partial charge on any atom is 0.307 e. The molecule has 7 heteroatoms. The zero-order valence-electron chi connectivity index (χ0n) is 12.6. The zero-order chi connectivity index (χ0) is 16.1. The van der Waals surface area contributed by atoms with Crippen molar-refractivity contribution in [2.24, 2.45) is 0 Å². The number of methoxy groups -OCH3 is 1. The van der Waals surface area contributed by atoms with Crippen LogP contribution in [0.25, 0.3) is 0 Å². The zero-order valence-corrected chi connectivity index (χ0v) is 14.2. The summed E-state index contributed by atoms with van der Waals surface area (Å²) in [5.74, 6) is 1.20. The first-order valence-corrected chi connectivity index (χ1v) is 9.63. The molecule has 1 heterocycles. The maximum absolute atomic E-state index is 12.6. The Morgan fingerprint density at radius 3 is 2.64 bits per heavy atom. The third kappa shape index (κ3) is 4.10. The van der Waals surface area contributed by atoms with Crippen LogP contribution in [0, 0.1) is 0 Å². The lowest BCUT2D eigenvalue weighted by Crippen LogP contribution is -2.47. The molecule has 0 aromatic heterocycles.